The number of aliphatic hydroxyl groups excluding tert-OH is 1. The van der Waals surface area contributed by atoms with E-state index in [1.165, 1.54) is 5.56 Å². The average Bonchev–Trinajstić information content (AvgIpc) is 2.34. The van der Waals surface area contributed by atoms with Crippen molar-refractivity contribution in [2.45, 2.75) is 45.1 Å². The summed E-state index contributed by atoms with van der Waals surface area (Å²) in [5, 5.41) is 9.72. The van der Waals surface area contributed by atoms with Crippen molar-refractivity contribution in [1.29, 1.82) is 0 Å². The Hall–Kier alpha value is -1.02. The number of unbranched alkanes of at least 4 members (excludes halogenated alkanes) is 1. The first kappa shape index (κ1) is 13.0. The van der Waals surface area contributed by atoms with Crippen molar-refractivity contribution in [3.05, 3.63) is 29.8 Å². The molecule has 0 radical (unpaired) electrons. The van der Waals surface area contributed by atoms with Crippen molar-refractivity contribution in [2.24, 2.45) is 0 Å². The van der Waals surface area contributed by atoms with E-state index < -0.39 is 0 Å². The molecule has 1 N–H and O–H groups in total. The van der Waals surface area contributed by atoms with E-state index in [-0.39, 0.29) is 6.10 Å². The third kappa shape index (κ3) is 4.67. The van der Waals surface area contributed by atoms with Gasteiger partial charge in [0.2, 0.25) is 0 Å². The average molecular weight is 222 g/mol. The molecule has 1 unspecified atom stereocenters. The zero-order chi connectivity index (χ0) is 11.8. The van der Waals surface area contributed by atoms with Crippen LogP contribution in [-0.2, 0) is 6.42 Å². The van der Waals surface area contributed by atoms with Crippen LogP contribution in [0.2, 0.25) is 0 Å². The van der Waals surface area contributed by atoms with Gasteiger partial charge in [-0.2, -0.15) is 0 Å². The fraction of sp³-hybridized carbons (Fsp3) is 0.571. The second-order valence-electron chi connectivity index (χ2n) is 4.18. The molecule has 0 saturated carbocycles. The van der Waals surface area contributed by atoms with Crippen LogP contribution in [0.4, 0.5) is 0 Å². The highest BCUT2D eigenvalue weighted by molar-refractivity contribution is 5.27. The third-order valence-corrected chi connectivity index (χ3v) is 2.82. The van der Waals surface area contributed by atoms with Crippen LogP contribution in [0.1, 0.15) is 38.2 Å². The number of methoxy groups -OCH3 is 1. The predicted molar refractivity (Wildman–Crippen MR) is 66.8 cm³/mol. The Bertz CT molecular complexity index is 279. The minimum absolute atomic E-state index is 0.151. The molecule has 0 aromatic heterocycles. The maximum atomic E-state index is 9.72. The van der Waals surface area contributed by atoms with Crippen LogP contribution in [-0.4, -0.2) is 18.3 Å². The maximum absolute atomic E-state index is 9.72. The molecule has 0 amide bonds. The Labute approximate surface area is 98.3 Å². The maximum Gasteiger partial charge on any atom is 0.118 e. The van der Waals surface area contributed by atoms with E-state index in [1.807, 2.05) is 12.1 Å². The molecule has 0 aliphatic rings. The van der Waals surface area contributed by atoms with Crippen molar-refractivity contribution in [3.8, 4) is 5.75 Å². The molecule has 2 nitrogen and oxygen atoms in total. The molecule has 0 saturated heterocycles. The van der Waals surface area contributed by atoms with Gasteiger partial charge in [0.15, 0.2) is 0 Å². The minimum Gasteiger partial charge on any atom is -0.497 e. The summed E-state index contributed by atoms with van der Waals surface area (Å²) in [6.45, 7) is 2.15. The molecule has 0 aliphatic heterocycles. The summed E-state index contributed by atoms with van der Waals surface area (Å²) >= 11 is 0. The van der Waals surface area contributed by atoms with Crippen molar-refractivity contribution in [2.75, 3.05) is 7.11 Å². The Morgan fingerprint density at radius 2 is 1.88 bits per heavy atom. The third-order valence-electron chi connectivity index (χ3n) is 2.82. The SMILES string of the molecule is CCCCC(O)CCc1ccc(OC)cc1. The number of hydrogen-bond donors (Lipinski definition) is 1. The number of rotatable bonds is 7. The second kappa shape index (κ2) is 7.29. The molecule has 0 spiro atoms. The zero-order valence-corrected chi connectivity index (χ0v) is 10.3. The number of hydrogen-bond acceptors (Lipinski definition) is 2. The van der Waals surface area contributed by atoms with Gasteiger partial charge in [0, 0.05) is 0 Å². The van der Waals surface area contributed by atoms with Gasteiger partial charge >= 0.3 is 0 Å². The molecule has 16 heavy (non-hydrogen) atoms. The molecule has 90 valence electrons. The molecule has 0 fully saturated rings. The van der Waals surface area contributed by atoms with Gasteiger partial charge in [-0.1, -0.05) is 31.9 Å². The van der Waals surface area contributed by atoms with Gasteiger partial charge in [0.25, 0.3) is 0 Å². The van der Waals surface area contributed by atoms with Gasteiger partial charge in [0.1, 0.15) is 5.75 Å². The van der Waals surface area contributed by atoms with Crippen molar-refractivity contribution < 1.29 is 9.84 Å². The van der Waals surface area contributed by atoms with Gasteiger partial charge in [-0.15, -0.1) is 0 Å². The summed E-state index contributed by atoms with van der Waals surface area (Å²) < 4.78 is 5.10. The molecular weight excluding hydrogens is 200 g/mol. The lowest BCUT2D eigenvalue weighted by Gasteiger charge is -2.09. The first-order valence-electron chi connectivity index (χ1n) is 6.07. The predicted octanol–water partition coefficient (Wildman–Crippen LogP) is 3.18. The lowest BCUT2D eigenvalue weighted by molar-refractivity contribution is 0.152. The molecule has 0 aliphatic carbocycles. The fourth-order valence-electron chi connectivity index (χ4n) is 1.71. The van der Waals surface area contributed by atoms with Crippen LogP contribution in [0.25, 0.3) is 0 Å². The van der Waals surface area contributed by atoms with Crippen molar-refractivity contribution >= 4 is 0 Å². The van der Waals surface area contributed by atoms with Crippen molar-refractivity contribution in [3.63, 3.8) is 0 Å². The van der Waals surface area contributed by atoms with Gasteiger partial charge in [0.05, 0.1) is 13.2 Å². The molecule has 0 bridgehead atoms. The van der Waals surface area contributed by atoms with E-state index in [2.05, 4.69) is 19.1 Å². The summed E-state index contributed by atoms with van der Waals surface area (Å²) in [4.78, 5) is 0. The molecule has 1 rings (SSSR count). The van der Waals surface area contributed by atoms with E-state index in [4.69, 9.17) is 4.74 Å². The van der Waals surface area contributed by atoms with Crippen molar-refractivity contribution in [1.82, 2.24) is 0 Å². The standard InChI is InChI=1S/C14H22O2/c1-3-4-5-13(15)9-6-12-7-10-14(16-2)11-8-12/h7-8,10-11,13,15H,3-6,9H2,1-2H3. The number of benzene rings is 1. The molecule has 1 aromatic carbocycles. The van der Waals surface area contributed by atoms with Crippen LogP contribution in [0.3, 0.4) is 0 Å². The smallest absolute Gasteiger partial charge is 0.118 e. The monoisotopic (exact) mass is 222 g/mol. The fourth-order valence-corrected chi connectivity index (χ4v) is 1.71. The van der Waals surface area contributed by atoms with Gasteiger partial charge in [-0.25, -0.2) is 0 Å². The normalized spacial score (nSPS) is 12.4. The Morgan fingerprint density at radius 3 is 2.44 bits per heavy atom. The zero-order valence-electron chi connectivity index (χ0n) is 10.3. The van der Waals surface area contributed by atoms with E-state index in [1.54, 1.807) is 7.11 Å². The lowest BCUT2D eigenvalue weighted by Crippen LogP contribution is -2.07. The molecular formula is C14H22O2. The van der Waals surface area contributed by atoms with Gasteiger partial charge < -0.3 is 9.84 Å². The van der Waals surface area contributed by atoms with E-state index in [9.17, 15) is 5.11 Å². The second-order valence-corrected chi connectivity index (χ2v) is 4.18. The number of ether oxygens (including phenoxy) is 1. The van der Waals surface area contributed by atoms with E-state index >= 15 is 0 Å². The molecule has 0 heterocycles. The highest BCUT2D eigenvalue weighted by Gasteiger charge is 2.03. The summed E-state index contributed by atoms with van der Waals surface area (Å²) in [5.41, 5.74) is 1.26. The highest BCUT2D eigenvalue weighted by Crippen LogP contribution is 2.14. The van der Waals surface area contributed by atoms with Gasteiger partial charge in [-0.3, -0.25) is 0 Å². The van der Waals surface area contributed by atoms with Crippen LogP contribution >= 0.6 is 0 Å². The summed E-state index contributed by atoms with van der Waals surface area (Å²) in [6, 6.07) is 8.05. The first-order valence-corrected chi connectivity index (χ1v) is 6.07. The molecule has 1 aromatic rings. The Balaban J connectivity index is 2.30. The lowest BCUT2D eigenvalue weighted by atomic mass is 10.0. The Morgan fingerprint density at radius 1 is 1.19 bits per heavy atom. The summed E-state index contributed by atoms with van der Waals surface area (Å²) in [5.74, 6) is 0.885. The number of aryl methyl sites for hydroxylation is 1. The van der Waals surface area contributed by atoms with E-state index in [0.717, 1.165) is 37.9 Å². The molecule has 2 heteroatoms. The van der Waals surface area contributed by atoms with Crippen LogP contribution < -0.4 is 4.74 Å². The first-order chi connectivity index (χ1) is 7.76. The van der Waals surface area contributed by atoms with Crippen LogP contribution in [0.5, 0.6) is 5.75 Å². The Kier molecular flexibility index (Phi) is 5.94. The molecule has 1 atom stereocenters. The summed E-state index contributed by atoms with van der Waals surface area (Å²) in [6.07, 6.45) is 4.83. The quantitative estimate of drug-likeness (QED) is 0.767. The summed E-state index contributed by atoms with van der Waals surface area (Å²) in [7, 11) is 1.67. The minimum atomic E-state index is -0.151. The number of aliphatic hydroxyl groups is 1. The highest BCUT2D eigenvalue weighted by atomic mass is 16.5. The van der Waals surface area contributed by atoms with E-state index in [0.29, 0.717) is 0 Å². The van der Waals surface area contributed by atoms with Crippen LogP contribution in [0, 0.1) is 0 Å². The topological polar surface area (TPSA) is 29.5 Å². The van der Waals surface area contributed by atoms with Gasteiger partial charge in [-0.05, 0) is 37.0 Å². The van der Waals surface area contributed by atoms with Crippen LogP contribution in [0.15, 0.2) is 24.3 Å². The largest absolute Gasteiger partial charge is 0.497 e.